The van der Waals surface area contributed by atoms with Crippen molar-refractivity contribution in [2.24, 2.45) is 23.7 Å². The van der Waals surface area contributed by atoms with Gasteiger partial charge >= 0.3 is 11.9 Å². The van der Waals surface area contributed by atoms with Crippen molar-refractivity contribution in [2.75, 3.05) is 30.1 Å². The van der Waals surface area contributed by atoms with E-state index in [1.54, 1.807) is 43.5 Å². The van der Waals surface area contributed by atoms with Crippen molar-refractivity contribution >= 4 is 46.2 Å². The number of aromatic nitrogens is 3. The van der Waals surface area contributed by atoms with Gasteiger partial charge in [0.15, 0.2) is 6.73 Å². The van der Waals surface area contributed by atoms with E-state index in [-0.39, 0.29) is 55.9 Å². The molecule has 0 radical (unpaired) electrons. The molecule has 12 heteroatoms. The van der Waals surface area contributed by atoms with Crippen LogP contribution >= 0.6 is 0 Å². The first kappa shape index (κ1) is 32.6. The Morgan fingerprint density at radius 3 is 2.49 bits per heavy atom. The number of aliphatic imine (C=N–C) groups is 1. The number of hydrogen-bond donors (Lipinski definition) is 2. The fourth-order valence-corrected chi connectivity index (χ4v) is 4.47. The van der Waals surface area contributed by atoms with Gasteiger partial charge in [-0.25, -0.2) is 15.0 Å². The van der Waals surface area contributed by atoms with Gasteiger partial charge < -0.3 is 25.1 Å². The monoisotopic (exact) mass is 613 g/mol. The highest BCUT2D eigenvalue weighted by Crippen LogP contribution is 2.21. The molecule has 236 valence electrons. The highest BCUT2D eigenvalue weighted by atomic mass is 16.5. The van der Waals surface area contributed by atoms with Crippen LogP contribution in [0.3, 0.4) is 0 Å². The van der Waals surface area contributed by atoms with Crippen molar-refractivity contribution in [3.05, 3.63) is 83.8 Å². The number of fused-ring (bicyclic) bond motifs is 1. The van der Waals surface area contributed by atoms with Crippen molar-refractivity contribution in [2.45, 2.75) is 40.2 Å². The fourth-order valence-electron chi connectivity index (χ4n) is 4.47. The molecular weight excluding hydrogens is 574 g/mol. The van der Waals surface area contributed by atoms with E-state index in [0.29, 0.717) is 35.4 Å². The second-order valence-corrected chi connectivity index (χ2v) is 10.4. The summed E-state index contributed by atoms with van der Waals surface area (Å²) in [5.74, 6) is 0.354. The summed E-state index contributed by atoms with van der Waals surface area (Å²) < 4.78 is 12.2. The third kappa shape index (κ3) is 8.43. The number of hydrogen-bond acceptors (Lipinski definition) is 9. The number of ether oxygens (including phenoxy) is 2. The van der Waals surface area contributed by atoms with Crippen molar-refractivity contribution in [1.82, 2.24) is 14.5 Å². The summed E-state index contributed by atoms with van der Waals surface area (Å²) in [6, 6.07) is 18.1. The summed E-state index contributed by atoms with van der Waals surface area (Å²) in [6.45, 7) is 6.19. The zero-order valence-corrected chi connectivity index (χ0v) is 26.0. The Labute approximate surface area is 262 Å². The Balaban J connectivity index is 1.43. The second kappa shape index (κ2) is 15.5. The maximum atomic E-state index is 13.6. The van der Waals surface area contributed by atoms with Crippen molar-refractivity contribution in [1.29, 1.82) is 0 Å². The molecule has 1 amide bonds. The number of benzene rings is 2. The molecule has 2 aromatic heterocycles. The average molecular weight is 614 g/mol. The number of rotatable bonds is 14. The first-order valence-electron chi connectivity index (χ1n) is 14.9. The third-order valence-electron chi connectivity index (χ3n) is 7.32. The smallest absolute Gasteiger partial charge is 0.310 e. The van der Waals surface area contributed by atoms with Gasteiger partial charge in [-0.3, -0.25) is 19.3 Å². The lowest BCUT2D eigenvalue weighted by molar-refractivity contribution is -0.147. The minimum Gasteiger partial charge on any atom is -0.466 e. The number of aryl methyl sites for hydroxylation is 1. The maximum Gasteiger partial charge on any atom is 0.310 e. The molecular formula is C33H39N7O5. The van der Waals surface area contributed by atoms with Crippen molar-refractivity contribution in [3.63, 3.8) is 0 Å². The number of carbonyl (C=O) groups is 3. The molecule has 0 saturated carbocycles. The van der Waals surface area contributed by atoms with Crippen LogP contribution < -0.4 is 16.0 Å². The average Bonchev–Trinajstić information content (AvgIpc) is 3.38. The highest BCUT2D eigenvalue weighted by Gasteiger charge is 2.21. The fraction of sp³-hybridized carbons (Fsp3) is 0.333. The van der Waals surface area contributed by atoms with Crippen LogP contribution in [0.1, 0.15) is 55.4 Å². The summed E-state index contributed by atoms with van der Waals surface area (Å²) >= 11 is 0. The zero-order chi connectivity index (χ0) is 32.3. The molecule has 0 fully saturated rings. The molecule has 0 bridgehead atoms. The van der Waals surface area contributed by atoms with E-state index < -0.39 is 0 Å². The molecule has 0 aliphatic heterocycles. The summed E-state index contributed by atoms with van der Waals surface area (Å²) in [5, 5.41) is 3.36. The van der Waals surface area contributed by atoms with E-state index in [0.717, 1.165) is 17.0 Å². The topological polar surface area (TPSA) is 154 Å². The highest BCUT2D eigenvalue weighted by molar-refractivity contribution is 6.07. The van der Waals surface area contributed by atoms with E-state index in [2.05, 4.69) is 15.3 Å². The molecule has 1 unspecified atom stereocenters. The van der Waals surface area contributed by atoms with Crippen LogP contribution in [0.2, 0.25) is 0 Å². The SMILES string of the molecule is CCOC(=O)CCN(C(=O)c1ccc2c(c1)nc(CNc1ccc(/C(N)=N/COC(=O)C(C)CC)cc1)n2C)c1ccccn1. The molecule has 0 aliphatic rings. The van der Waals surface area contributed by atoms with E-state index in [4.69, 9.17) is 20.2 Å². The van der Waals surface area contributed by atoms with Crippen LogP contribution in [0.4, 0.5) is 11.5 Å². The van der Waals surface area contributed by atoms with Crippen LogP contribution in [0.15, 0.2) is 71.9 Å². The zero-order valence-electron chi connectivity index (χ0n) is 26.0. The van der Waals surface area contributed by atoms with Gasteiger partial charge in [-0.2, -0.15) is 0 Å². The summed E-state index contributed by atoms with van der Waals surface area (Å²) in [5.41, 5.74) is 9.60. The second-order valence-electron chi connectivity index (χ2n) is 10.4. The minimum atomic E-state index is -0.380. The lowest BCUT2D eigenvalue weighted by Crippen LogP contribution is -2.34. The van der Waals surface area contributed by atoms with Gasteiger partial charge in [0.25, 0.3) is 5.91 Å². The number of amidine groups is 1. The van der Waals surface area contributed by atoms with Crippen LogP contribution in [0, 0.1) is 5.92 Å². The van der Waals surface area contributed by atoms with Crippen LogP contribution in [0.25, 0.3) is 11.0 Å². The number of nitrogens with two attached hydrogens (primary N) is 1. The molecule has 2 heterocycles. The van der Waals surface area contributed by atoms with Crippen molar-refractivity contribution < 1.29 is 23.9 Å². The minimum absolute atomic E-state index is 0.0476. The predicted molar refractivity (Wildman–Crippen MR) is 173 cm³/mol. The van der Waals surface area contributed by atoms with Gasteiger partial charge in [0.1, 0.15) is 17.5 Å². The summed E-state index contributed by atoms with van der Waals surface area (Å²) in [6.07, 6.45) is 2.35. The Kier molecular flexibility index (Phi) is 11.2. The quantitative estimate of drug-likeness (QED) is 0.119. The number of carbonyl (C=O) groups excluding carboxylic acids is 3. The number of nitrogens with one attached hydrogen (secondary N) is 1. The standard InChI is InChI=1S/C33H39N7O5/c1-5-22(3)33(43)45-21-37-31(34)23-10-13-25(14-11-23)36-20-29-38-26-19-24(12-15-27(26)39(29)4)32(42)40(18-16-30(41)44-6-2)28-9-7-8-17-35-28/h7-15,17,19,22,36H,5-6,16,18,20-21H2,1-4H3,(H2,34,37). The largest absolute Gasteiger partial charge is 0.466 e. The van der Waals surface area contributed by atoms with Gasteiger partial charge in [0, 0.05) is 36.6 Å². The molecule has 4 rings (SSSR count). The molecule has 0 aliphatic carbocycles. The Morgan fingerprint density at radius 1 is 1.04 bits per heavy atom. The van der Waals surface area contributed by atoms with Gasteiger partial charge in [0.2, 0.25) is 0 Å². The summed E-state index contributed by atoms with van der Waals surface area (Å²) in [7, 11) is 1.92. The first-order chi connectivity index (χ1) is 21.7. The van der Waals surface area contributed by atoms with E-state index >= 15 is 0 Å². The third-order valence-corrected chi connectivity index (χ3v) is 7.32. The van der Waals surface area contributed by atoms with E-state index in [9.17, 15) is 14.4 Å². The van der Waals surface area contributed by atoms with Gasteiger partial charge in [-0.15, -0.1) is 0 Å². The maximum absolute atomic E-state index is 13.6. The van der Waals surface area contributed by atoms with Crippen LogP contribution in [-0.2, 0) is 32.7 Å². The molecule has 1 atom stereocenters. The Morgan fingerprint density at radius 2 is 1.80 bits per heavy atom. The normalized spacial score (nSPS) is 12.0. The van der Waals surface area contributed by atoms with E-state index in [1.807, 2.05) is 55.8 Å². The Hall–Kier alpha value is -5.26. The summed E-state index contributed by atoms with van der Waals surface area (Å²) in [4.78, 5) is 52.2. The number of pyridine rings is 1. The lowest BCUT2D eigenvalue weighted by atomic mass is 10.1. The molecule has 0 saturated heterocycles. The molecule has 4 aromatic rings. The van der Waals surface area contributed by atoms with Crippen molar-refractivity contribution in [3.8, 4) is 0 Å². The Bertz CT molecular complexity index is 1650. The first-order valence-corrected chi connectivity index (χ1v) is 14.9. The van der Waals surface area contributed by atoms with Gasteiger partial charge in [0.05, 0.1) is 36.5 Å². The molecule has 12 nitrogen and oxygen atoms in total. The lowest BCUT2D eigenvalue weighted by Gasteiger charge is -2.21. The molecule has 0 spiro atoms. The molecule has 2 aromatic carbocycles. The van der Waals surface area contributed by atoms with Crippen LogP contribution in [-0.4, -0.2) is 58.1 Å². The number of anilines is 2. The number of amides is 1. The predicted octanol–water partition coefficient (Wildman–Crippen LogP) is 4.43. The number of nitrogens with zero attached hydrogens (tertiary/aromatic N) is 5. The van der Waals surface area contributed by atoms with Crippen LogP contribution in [0.5, 0.6) is 0 Å². The molecule has 45 heavy (non-hydrogen) atoms. The van der Waals surface area contributed by atoms with E-state index in [1.165, 1.54) is 4.90 Å². The van der Waals surface area contributed by atoms with Gasteiger partial charge in [-0.05, 0) is 67.9 Å². The number of esters is 2. The molecule has 3 N–H and O–H groups in total. The number of imidazole rings is 1. The van der Waals surface area contributed by atoms with Gasteiger partial charge in [-0.1, -0.05) is 19.9 Å².